The summed E-state index contributed by atoms with van der Waals surface area (Å²) in [6.45, 7) is 4.68. The zero-order valence-electron chi connectivity index (χ0n) is 12.3. The first-order valence-electron chi connectivity index (χ1n) is 6.77. The highest BCUT2D eigenvalue weighted by molar-refractivity contribution is 5.78. The quantitative estimate of drug-likeness (QED) is 0.727. The van der Waals surface area contributed by atoms with E-state index in [1.165, 1.54) is 0 Å². The lowest BCUT2D eigenvalue weighted by atomic mass is 9.98. The SMILES string of the molecule is CCCNC(C)(CCOc1cccc(OC)c1)C(=O)O. The minimum atomic E-state index is -0.963. The van der Waals surface area contributed by atoms with Gasteiger partial charge in [0.2, 0.25) is 0 Å². The topological polar surface area (TPSA) is 67.8 Å². The Morgan fingerprint density at radius 3 is 2.70 bits per heavy atom. The average Bonchev–Trinajstić information content (AvgIpc) is 2.45. The van der Waals surface area contributed by atoms with Crippen LogP contribution in [0.15, 0.2) is 24.3 Å². The zero-order valence-corrected chi connectivity index (χ0v) is 12.3. The fourth-order valence-corrected chi connectivity index (χ4v) is 1.74. The highest BCUT2D eigenvalue weighted by Crippen LogP contribution is 2.20. The lowest BCUT2D eigenvalue weighted by Gasteiger charge is -2.26. The molecule has 2 N–H and O–H groups in total. The molecule has 1 atom stereocenters. The van der Waals surface area contributed by atoms with Crippen LogP contribution >= 0.6 is 0 Å². The van der Waals surface area contributed by atoms with Crippen LogP contribution < -0.4 is 14.8 Å². The van der Waals surface area contributed by atoms with Gasteiger partial charge in [0.1, 0.15) is 17.0 Å². The summed E-state index contributed by atoms with van der Waals surface area (Å²) in [5.41, 5.74) is -0.963. The first kappa shape index (κ1) is 16.3. The summed E-state index contributed by atoms with van der Waals surface area (Å²) in [5.74, 6) is 0.528. The number of ether oxygens (including phenoxy) is 2. The predicted molar refractivity (Wildman–Crippen MR) is 77.4 cm³/mol. The van der Waals surface area contributed by atoms with Gasteiger partial charge in [0.25, 0.3) is 0 Å². The number of carboxylic acid groups (broad SMARTS) is 1. The van der Waals surface area contributed by atoms with Crippen molar-refractivity contribution in [3.05, 3.63) is 24.3 Å². The molecule has 1 unspecified atom stereocenters. The molecular formula is C15H23NO4. The van der Waals surface area contributed by atoms with Gasteiger partial charge in [0.05, 0.1) is 13.7 Å². The molecular weight excluding hydrogens is 258 g/mol. The van der Waals surface area contributed by atoms with Gasteiger partial charge in [0.15, 0.2) is 0 Å². The van der Waals surface area contributed by atoms with Crippen LogP contribution in [0.4, 0.5) is 0 Å². The van der Waals surface area contributed by atoms with Crippen LogP contribution in [0.5, 0.6) is 11.5 Å². The van der Waals surface area contributed by atoms with Crippen molar-refractivity contribution in [1.29, 1.82) is 0 Å². The maximum Gasteiger partial charge on any atom is 0.323 e. The Morgan fingerprint density at radius 1 is 1.40 bits per heavy atom. The summed E-state index contributed by atoms with van der Waals surface area (Å²) in [7, 11) is 1.59. The molecule has 1 aromatic rings. The maximum atomic E-state index is 11.3. The Morgan fingerprint density at radius 2 is 2.10 bits per heavy atom. The fraction of sp³-hybridized carbons (Fsp3) is 0.533. The fourth-order valence-electron chi connectivity index (χ4n) is 1.74. The third kappa shape index (κ3) is 4.74. The number of carbonyl (C=O) groups is 1. The molecule has 0 spiro atoms. The molecule has 1 aromatic carbocycles. The zero-order chi connectivity index (χ0) is 15.0. The number of aliphatic carboxylic acids is 1. The van der Waals surface area contributed by atoms with Gasteiger partial charge in [-0.2, -0.15) is 0 Å². The number of carboxylic acids is 1. The van der Waals surface area contributed by atoms with E-state index in [4.69, 9.17) is 9.47 Å². The maximum absolute atomic E-state index is 11.3. The van der Waals surface area contributed by atoms with E-state index in [1.807, 2.05) is 25.1 Å². The molecule has 20 heavy (non-hydrogen) atoms. The van der Waals surface area contributed by atoms with Crippen LogP contribution in [0.2, 0.25) is 0 Å². The van der Waals surface area contributed by atoms with Crippen LogP contribution in [-0.4, -0.2) is 36.9 Å². The van der Waals surface area contributed by atoms with Crippen molar-refractivity contribution in [2.45, 2.75) is 32.2 Å². The van der Waals surface area contributed by atoms with E-state index in [0.717, 1.165) is 6.42 Å². The van der Waals surface area contributed by atoms with E-state index in [0.29, 0.717) is 31.1 Å². The molecule has 0 aliphatic rings. The van der Waals surface area contributed by atoms with E-state index in [1.54, 1.807) is 20.1 Å². The van der Waals surface area contributed by atoms with Gasteiger partial charge in [-0.05, 0) is 32.0 Å². The smallest absolute Gasteiger partial charge is 0.323 e. The molecule has 0 radical (unpaired) electrons. The van der Waals surface area contributed by atoms with E-state index < -0.39 is 11.5 Å². The van der Waals surface area contributed by atoms with E-state index in [9.17, 15) is 9.90 Å². The first-order chi connectivity index (χ1) is 9.51. The van der Waals surface area contributed by atoms with Crippen LogP contribution in [0.1, 0.15) is 26.7 Å². The molecule has 0 heterocycles. The Hall–Kier alpha value is -1.75. The van der Waals surface area contributed by atoms with Crippen LogP contribution in [0.25, 0.3) is 0 Å². The minimum absolute atomic E-state index is 0.326. The number of rotatable bonds is 9. The van der Waals surface area contributed by atoms with Crippen molar-refractivity contribution in [1.82, 2.24) is 5.32 Å². The van der Waals surface area contributed by atoms with Crippen molar-refractivity contribution in [3.63, 3.8) is 0 Å². The van der Waals surface area contributed by atoms with Gasteiger partial charge in [-0.3, -0.25) is 4.79 Å². The molecule has 112 valence electrons. The normalized spacial score (nSPS) is 13.6. The third-order valence-electron chi connectivity index (χ3n) is 3.15. The monoisotopic (exact) mass is 281 g/mol. The molecule has 0 bridgehead atoms. The summed E-state index contributed by atoms with van der Waals surface area (Å²) in [4.78, 5) is 11.3. The van der Waals surface area contributed by atoms with Crippen molar-refractivity contribution in [3.8, 4) is 11.5 Å². The van der Waals surface area contributed by atoms with Crippen LogP contribution in [-0.2, 0) is 4.79 Å². The second-order valence-electron chi connectivity index (χ2n) is 4.84. The van der Waals surface area contributed by atoms with Gasteiger partial charge in [-0.1, -0.05) is 13.0 Å². The van der Waals surface area contributed by atoms with E-state index in [-0.39, 0.29) is 0 Å². The first-order valence-corrected chi connectivity index (χ1v) is 6.77. The van der Waals surface area contributed by atoms with Crippen molar-refractivity contribution < 1.29 is 19.4 Å². The lowest BCUT2D eigenvalue weighted by Crippen LogP contribution is -2.50. The second-order valence-corrected chi connectivity index (χ2v) is 4.84. The Bertz CT molecular complexity index is 436. The minimum Gasteiger partial charge on any atom is -0.497 e. The van der Waals surface area contributed by atoms with Crippen molar-refractivity contribution >= 4 is 5.97 Å². The lowest BCUT2D eigenvalue weighted by molar-refractivity contribution is -0.144. The molecule has 5 nitrogen and oxygen atoms in total. The Labute approximate surface area is 119 Å². The summed E-state index contributed by atoms with van der Waals surface area (Å²) >= 11 is 0. The number of methoxy groups -OCH3 is 1. The van der Waals surface area contributed by atoms with Gasteiger partial charge >= 0.3 is 5.97 Å². The largest absolute Gasteiger partial charge is 0.497 e. The molecule has 0 aliphatic heterocycles. The van der Waals surface area contributed by atoms with E-state index >= 15 is 0 Å². The van der Waals surface area contributed by atoms with Gasteiger partial charge in [-0.25, -0.2) is 0 Å². The van der Waals surface area contributed by atoms with E-state index in [2.05, 4.69) is 5.32 Å². The molecule has 0 saturated heterocycles. The standard InChI is InChI=1S/C15H23NO4/c1-4-9-16-15(2,14(17)18)8-10-20-13-7-5-6-12(11-13)19-3/h5-7,11,16H,4,8-10H2,1-3H3,(H,17,18). The van der Waals surface area contributed by atoms with Gasteiger partial charge in [0, 0.05) is 12.5 Å². The molecule has 0 aromatic heterocycles. The summed E-state index contributed by atoms with van der Waals surface area (Å²) in [6, 6.07) is 7.26. The number of nitrogens with one attached hydrogen (secondary N) is 1. The summed E-state index contributed by atoms with van der Waals surface area (Å²) in [6.07, 6.45) is 1.28. The van der Waals surface area contributed by atoms with Crippen molar-refractivity contribution in [2.75, 3.05) is 20.3 Å². The highest BCUT2D eigenvalue weighted by atomic mass is 16.5. The van der Waals surface area contributed by atoms with Crippen LogP contribution in [0, 0.1) is 0 Å². The number of hydrogen-bond donors (Lipinski definition) is 2. The predicted octanol–water partition coefficient (Wildman–Crippen LogP) is 2.31. The molecule has 0 amide bonds. The molecule has 0 fully saturated rings. The summed E-state index contributed by atoms with van der Waals surface area (Å²) < 4.78 is 10.7. The average molecular weight is 281 g/mol. The molecule has 0 saturated carbocycles. The van der Waals surface area contributed by atoms with Gasteiger partial charge < -0.3 is 19.9 Å². The summed E-state index contributed by atoms with van der Waals surface area (Å²) in [5, 5.41) is 12.4. The highest BCUT2D eigenvalue weighted by Gasteiger charge is 2.31. The molecule has 5 heteroatoms. The van der Waals surface area contributed by atoms with Gasteiger partial charge in [-0.15, -0.1) is 0 Å². The molecule has 0 aliphatic carbocycles. The number of hydrogen-bond acceptors (Lipinski definition) is 4. The molecule has 1 rings (SSSR count). The second kappa shape index (κ2) is 7.75. The third-order valence-corrected chi connectivity index (χ3v) is 3.15. The van der Waals surface area contributed by atoms with Crippen LogP contribution in [0.3, 0.4) is 0 Å². The Balaban J connectivity index is 2.53. The van der Waals surface area contributed by atoms with Crippen molar-refractivity contribution in [2.24, 2.45) is 0 Å². The Kier molecular flexibility index (Phi) is 6.31. The number of benzene rings is 1.